The lowest BCUT2D eigenvalue weighted by atomic mass is 10.1. The van der Waals surface area contributed by atoms with Gasteiger partial charge in [-0.05, 0) is 48.7 Å². The first-order valence-corrected chi connectivity index (χ1v) is 8.05. The maximum Gasteiger partial charge on any atom is 0.221 e. The van der Waals surface area contributed by atoms with Crippen LogP contribution in [-0.2, 0) is 11.4 Å². The second-order valence-corrected chi connectivity index (χ2v) is 6.09. The molecule has 0 heterocycles. The number of benzene rings is 2. The van der Waals surface area contributed by atoms with Crippen LogP contribution in [0.4, 0.5) is 5.69 Å². The van der Waals surface area contributed by atoms with Crippen molar-refractivity contribution in [1.82, 2.24) is 5.43 Å². The number of carbonyl (C=O) groups is 1. The Labute approximate surface area is 150 Å². The highest BCUT2D eigenvalue weighted by Crippen LogP contribution is 2.31. The van der Waals surface area contributed by atoms with Crippen LogP contribution in [0, 0.1) is 13.8 Å². The van der Waals surface area contributed by atoms with Gasteiger partial charge in [0.15, 0.2) is 0 Å². The number of nitrogens with zero attached hydrogens (tertiary/aromatic N) is 1. The monoisotopic (exact) mass is 394 g/mol. The lowest BCUT2D eigenvalue weighted by molar-refractivity contribution is -0.109. The second kappa shape index (κ2) is 9.92. The minimum Gasteiger partial charge on any atom is -0.486 e. The van der Waals surface area contributed by atoms with E-state index in [9.17, 15) is 0 Å². The fraction of sp³-hybridized carbons (Fsp3) is 0.235. The van der Waals surface area contributed by atoms with E-state index in [4.69, 9.17) is 15.4 Å². The van der Waals surface area contributed by atoms with E-state index in [0.717, 1.165) is 21.5 Å². The van der Waals surface area contributed by atoms with Crippen LogP contribution < -0.4 is 26.9 Å². The number of rotatable bonds is 5. The summed E-state index contributed by atoms with van der Waals surface area (Å²) < 4.78 is 7.08. The third-order valence-electron chi connectivity index (χ3n) is 3.32. The summed E-state index contributed by atoms with van der Waals surface area (Å²) in [6.45, 7) is 4.64. The molecule has 0 unspecified atom stereocenters. The molecule has 6 nitrogen and oxygen atoms in total. The average Bonchev–Trinajstić information content (AvgIpc) is 2.55. The van der Waals surface area contributed by atoms with Crippen molar-refractivity contribution >= 4 is 28.0 Å². The molecule has 24 heavy (non-hydrogen) atoms. The number of aryl methyl sites for hydroxylation is 2. The number of halogens is 1. The summed E-state index contributed by atoms with van der Waals surface area (Å²) in [4.78, 5) is 8.94. The van der Waals surface area contributed by atoms with Crippen LogP contribution in [-0.4, -0.2) is 13.5 Å². The summed E-state index contributed by atoms with van der Waals surface area (Å²) in [7, 11) is 1.81. The highest BCUT2D eigenvalue weighted by Gasteiger charge is 2.10. The molecule has 0 atom stereocenters. The van der Waals surface area contributed by atoms with Crippen LogP contribution in [0.1, 0.15) is 16.7 Å². The van der Waals surface area contributed by atoms with Gasteiger partial charge < -0.3 is 9.75 Å². The summed E-state index contributed by atoms with van der Waals surface area (Å²) >= 11 is 3.47. The number of anilines is 1. The molecule has 2 aromatic rings. The minimum atomic E-state index is 0.403. The Hall–Kier alpha value is -2.09. The molecular weight excluding hydrogens is 372 g/mol. The Balaban J connectivity index is 0.000000648. The Morgan fingerprint density at radius 3 is 2.46 bits per heavy atom. The smallest absolute Gasteiger partial charge is 0.221 e. The van der Waals surface area contributed by atoms with Crippen LogP contribution in [0.2, 0.25) is 0 Å². The Bertz CT molecular complexity index is 678. The van der Waals surface area contributed by atoms with E-state index in [2.05, 4.69) is 40.8 Å². The predicted molar refractivity (Wildman–Crippen MR) is 100 cm³/mol. The maximum atomic E-state index is 8.94. The van der Waals surface area contributed by atoms with E-state index < -0.39 is 0 Å². The molecule has 7 heteroatoms. The standard InChI is InChI=1S/C16H19BrN2O.CH4N2O/c1-11-5-4-6-15(19(3)18)16(11)20-10-13-7-8-14(17)9-12(13)2;2-3-1-4/h4-9H,10,18H2,1-3H3;1H,2H2,(H,3,4). The minimum absolute atomic E-state index is 0.403. The summed E-state index contributed by atoms with van der Waals surface area (Å²) in [6, 6.07) is 12.1. The fourth-order valence-corrected chi connectivity index (χ4v) is 2.55. The first-order chi connectivity index (χ1) is 11.4. The SMILES string of the molecule is Cc1cc(Br)ccc1COc1c(C)cccc1N(C)N.NNC=O. The Morgan fingerprint density at radius 2 is 1.92 bits per heavy atom. The largest absolute Gasteiger partial charge is 0.486 e. The van der Waals surface area contributed by atoms with E-state index in [1.165, 1.54) is 11.1 Å². The number of carbonyl (C=O) groups excluding carboxylic acids is 1. The fourth-order valence-electron chi connectivity index (χ4n) is 2.07. The number of para-hydroxylation sites is 1. The van der Waals surface area contributed by atoms with E-state index in [1.807, 2.05) is 38.2 Å². The van der Waals surface area contributed by atoms with Gasteiger partial charge in [0, 0.05) is 11.5 Å². The van der Waals surface area contributed by atoms with Crippen molar-refractivity contribution in [2.24, 2.45) is 11.7 Å². The van der Waals surface area contributed by atoms with E-state index in [0.29, 0.717) is 13.0 Å². The summed E-state index contributed by atoms with van der Waals surface area (Å²) in [5, 5.41) is 1.58. The van der Waals surface area contributed by atoms with Crippen molar-refractivity contribution < 1.29 is 9.53 Å². The van der Waals surface area contributed by atoms with Crippen LogP contribution in [0.15, 0.2) is 40.9 Å². The van der Waals surface area contributed by atoms with Gasteiger partial charge in [-0.1, -0.05) is 34.1 Å². The van der Waals surface area contributed by atoms with Gasteiger partial charge in [-0.3, -0.25) is 10.2 Å². The molecule has 1 amide bonds. The number of amides is 1. The molecule has 0 radical (unpaired) electrons. The number of nitrogens with one attached hydrogen (secondary N) is 1. The molecule has 0 aliphatic rings. The zero-order valence-corrected chi connectivity index (χ0v) is 15.6. The third-order valence-corrected chi connectivity index (χ3v) is 3.81. The van der Waals surface area contributed by atoms with Crippen molar-refractivity contribution in [3.05, 3.63) is 57.6 Å². The quantitative estimate of drug-likeness (QED) is 0.313. The van der Waals surface area contributed by atoms with Gasteiger partial charge >= 0.3 is 0 Å². The molecule has 0 saturated heterocycles. The number of hydrogen-bond acceptors (Lipinski definition) is 5. The average molecular weight is 395 g/mol. The van der Waals surface area contributed by atoms with Gasteiger partial charge in [0.25, 0.3) is 0 Å². The van der Waals surface area contributed by atoms with Gasteiger partial charge in [-0.15, -0.1) is 0 Å². The van der Waals surface area contributed by atoms with Crippen LogP contribution >= 0.6 is 15.9 Å². The molecule has 5 N–H and O–H groups in total. The van der Waals surface area contributed by atoms with Gasteiger partial charge in [0.05, 0.1) is 5.69 Å². The van der Waals surface area contributed by atoms with E-state index in [1.54, 1.807) is 10.4 Å². The van der Waals surface area contributed by atoms with Crippen molar-refractivity contribution in [3.8, 4) is 5.75 Å². The Morgan fingerprint density at radius 1 is 1.25 bits per heavy atom. The molecule has 2 rings (SSSR count). The van der Waals surface area contributed by atoms with Crippen molar-refractivity contribution in [2.45, 2.75) is 20.5 Å². The molecular formula is C17H23BrN4O2. The molecule has 0 fully saturated rings. The number of nitrogens with two attached hydrogens (primary N) is 2. The zero-order valence-electron chi connectivity index (χ0n) is 14.0. The van der Waals surface area contributed by atoms with Crippen molar-refractivity contribution in [3.63, 3.8) is 0 Å². The normalized spacial score (nSPS) is 9.58. The number of hydrogen-bond donors (Lipinski definition) is 3. The zero-order chi connectivity index (χ0) is 18.1. The molecule has 2 aromatic carbocycles. The summed E-state index contributed by atoms with van der Waals surface area (Å²) in [5.41, 5.74) is 6.09. The van der Waals surface area contributed by atoms with Gasteiger partial charge in [-0.2, -0.15) is 0 Å². The van der Waals surface area contributed by atoms with Crippen LogP contribution in [0.25, 0.3) is 0 Å². The molecule has 0 bridgehead atoms. The van der Waals surface area contributed by atoms with Crippen LogP contribution in [0.5, 0.6) is 5.75 Å². The first-order valence-electron chi connectivity index (χ1n) is 7.26. The van der Waals surface area contributed by atoms with Gasteiger partial charge in [0.2, 0.25) is 6.41 Å². The second-order valence-electron chi connectivity index (χ2n) is 5.18. The topological polar surface area (TPSA) is 93.6 Å². The molecule has 0 aliphatic carbocycles. The molecule has 0 aliphatic heterocycles. The maximum absolute atomic E-state index is 8.94. The van der Waals surface area contributed by atoms with Crippen molar-refractivity contribution in [1.29, 1.82) is 0 Å². The molecule has 130 valence electrons. The lowest BCUT2D eigenvalue weighted by Crippen LogP contribution is -2.25. The first kappa shape index (κ1) is 20.0. The molecule has 0 aromatic heterocycles. The van der Waals surface area contributed by atoms with Gasteiger partial charge in [-0.25, -0.2) is 11.7 Å². The highest BCUT2D eigenvalue weighted by atomic mass is 79.9. The number of ether oxygens (including phenoxy) is 1. The predicted octanol–water partition coefficient (Wildman–Crippen LogP) is 2.56. The number of hydrazine groups is 2. The molecule has 0 spiro atoms. The Kier molecular flexibility index (Phi) is 8.25. The van der Waals surface area contributed by atoms with Gasteiger partial charge in [0.1, 0.15) is 12.4 Å². The summed E-state index contributed by atoms with van der Waals surface area (Å²) in [5.74, 6) is 11.1. The summed E-state index contributed by atoms with van der Waals surface area (Å²) in [6.07, 6.45) is 0.403. The third kappa shape index (κ3) is 5.84. The highest BCUT2D eigenvalue weighted by molar-refractivity contribution is 9.10. The lowest BCUT2D eigenvalue weighted by Gasteiger charge is -2.19. The van der Waals surface area contributed by atoms with E-state index >= 15 is 0 Å². The van der Waals surface area contributed by atoms with E-state index in [-0.39, 0.29) is 0 Å². The molecule has 0 saturated carbocycles. The van der Waals surface area contributed by atoms with Crippen LogP contribution in [0.3, 0.4) is 0 Å². The van der Waals surface area contributed by atoms with Crippen molar-refractivity contribution in [2.75, 3.05) is 12.1 Å².